The Morgan fingerprint density at radius 3 is 2.79 bits per heavy atom. The number of amides is 1. The number of rotatable bonds is 3. The molecule has 0 atom stereocenters. The lowest BCUT2D eigenvalue weighted by molar-refractivity contribution is 0.103. The summed E-state index contributed by atoms with van der Waals surface area (Å²) in [6.07, 6.45) is 0.912. The number of hydrogen-bond donors (Lipinski definition) is 1. The molecule has 0 aliphatic carbocycles. The van der Waals surface area contributed by atoms with Gasteiger partial charge < -0.3 is 5.32 Å². The average molecular weight is 291 g/mol. The molecule has 1 aromatic heterocycles. The quantitative estimate of drug-likeness (QED) is 0.925. The maximum absolute atomic E-state index is 12.0. The van der Waals surface area contributed by atoms with Crippen LogP contribution in [0, 0.1) is 11.3 Å². The van der Waals surface area contributed by atoms with E-state index in [1.54, 1.807) is 18.2 Å². The van der Waals surface area contributed by atoms with Gasteiger partial charge in [-0.2, -0.15) is 5.26 Å². The molecule has 0 spiro atoms. The number of halogens is 1. The van der Waals surface area contributed by atoms with Gasteiger partial charge in [0.2, 0.25) is 0 Å². The minimum atomic E-state index is -0.184. The fourth-order valence-electron chi connectivity index (χ4n) is 1.56. The topological polar surface area (TPSA) is 52.9 Å². The number of aryl methyl sites for hydroxylation is 1. The molecular weight excluding hydrogens is 280 g/mol. The summed E-state index contributed by atoms with van der Waals surface area (Å²) in [5, 5.41) is 11.9. The Hall–Kier alpha value is -1.83. The van der Waals surface area contributed by atoms with Gasteiger partial charge in [-0.25, -0.2) is 0 Å². The van der Waals surface area contributed by atoms with Gasteiger partial charge >= 0.3 is 0 Å². The van der Waals surface area contributed by atoms with Crippen molar-refractivity contribution in [3.05, 3.63) is 50.7 Å². The number of nitrogens with one attached hydrogen (secondary N) is 1. The van der Waals surface area contributed by atoms with Crippen LogP contribution in [0.4, 0.5) is 5.69 Å². The molecule has 0 bridgehead atoms. The van der Waals surface area contributed by atoms with Gasteiger partial charge in [-0.15, -0.1) is 11.3 Å². The molecule has 1 heterocycles. The first kappa shape index (κ1) is 13.6. The van der Waals surface area contributed by atoms with Crippen LogP contribution >= 0.6 is 22.9 Å². The monoisotopic (exact) mass is 290 g/mol. The number of nitrogens with zero attached hydrogens (tertiary/aromatic N) is 1. The number of carbonyl (C=O) groups is 1. The first-order valence-electron chi connectivity index (χ1n) is 5.73. The normalized spacial score (nSPS) is 9.95. The summed E-state index contributed by atoms with van der Waals surface area (Å²) in [4.78, 5) is 13.8. The maximum atomic E-state index is 12.0. The van der Waals surface area contributed by atoms with Crippen molar-refractivity contribution < 1.29 is 4.79 Å². The molecule has 0 saturated carbocycles. The number of hydrogen-bond acceptors (Lipinski definition) is 3. The molecule has 0 saturated heterocycles. The summed E-state index contributed by atoms with van der Waals surface area (Å²) >= 11 is 7.48. The minimum Gasteiger partial charge on any atom is -0.320 e. The summed E-state index contributed by atoms with van der Waals surface area (Å²) in [5.41, 5.74) is 0.976. The second-order valence-electron chi connectivity index (χ2n) is 3.88. The molecule has 19 heavy (non-hydrogen) atoms. The zero-order chi connectivity index (χ0) is 13.8. The standard InChI is InChI=1S/C14H11ClN2OS/c1-2-10-4-6-13(19-10)14(18)17-12-5-3-9(8-16)7-11(12)15/h3-7H,2H2,1H3,(H,17,18). The summed E-state index contributed by atoms with van der Waals surface area (Å²) in [6.45, 7) is 2.05. The predicted octanol–water partition coefficient (Wildman–Crippen LogP) is 4.09. The van der Waals surface area contributed by atoms with E-state index in [1.807, 2.05) is 19.1 Å². The molecule has 2 aromatic rings. The molecule has 0 radical (unpaired) electrons. The minimum absolute atomic E-state index is 0.184. The first-order valence-corrected chi connectivity index (χ1v) is 6.93. The Morgan fingerprint density at radius 2 is 2.21 bits per heavy atom. The van der Waals surface area contributed by atoms with Crippen LogP contribution in [-0.4, -0.2) is 5.91 Å². The van der Waals surface area contributed by atoms with Crippen molar-refractivity contribution in [1.29, 1.82) is 5.26 Å². The lowest BCUT2D eigenvalue weighted by Gasteiger charge is -2.05. The molecule has 0 unspecified atom stereocenters. The van der Waals surface area contributed by atoms with Crippen molar-refractivity contribution in [2.45, 2.75) is 13.3 Å². The lowest BCUT2D eigenvalue weighted by Crippen LogP contribution is -2.10. The number of nitriles is 1. The zero-order valence-electron chi connectivity index (χ0n) is 10.2. The summed E-state index contributed by atoms with van der Waals surface area (Å²) in [7, 11) is 0. The van der Waals surface area contributed by atoms with Crippen molar-refractivity contribution in [3.63, 3.8) is 0 Å². The molecular formula is C14H11ClN2OS. The smallest absolute Gasteiger partial charge is 0.265 e. The van der Waals surface area contributed by atoms with Crippen LogP contribution in [0.5, 0.6) is 0 Å². The van der Waals surface area contributed by atoms with Crippen molar-refractivity contribution in [3.8, 4) is 6.07 Å². The Kier molecular flexibility index (Phi) is 4.20. The van der Waals surface area contributed by atoms with E-state index in [9.17, 15) is 4.79 Å². The van der Waals surface area contributed by atoms with Gasteiger partial charge in [0.25, 0.3) is 5.91 Å². The zero-order valence-corrected chi connectivity index (χ0v) is 11.8. The van der Waals surface area contributed by atoms with Crippen LogP contribution in [-0.2, 0) is 6.42 Å². The summed E-state index contributed by atoms with van der Waals surface area (Å²) in [5.74, 6) is -0.184. The van der Waals surface area contributed by atoms with E-state index in [-0.39, 0.29) is 5.91 Å². The second kappa shape index (κ2) is 5.87. The van der Waals surface area contributed by atoms with E-state index in [0.717, 1.165) is 11.3 Å². The van der Waals surface area contributed by atoms with Gasteiger partial charge in [-0.1, -0.05) is 18.5 Å². The largest absolute Gasteiger partial charge is 0.320 e. The fraction of sp³-hybridized carbons (Fsp3) is 0.143. The third-order valence-corrected chi connectivity index (χ3v) is 4.12. The van der Waals surface area contributed by atoms with Gasteiger partial charge in [-0.05, 0) is 36.8 Å². The summed E-state index contributed by atoms with van der Waals surface area (Å²) in [6, 6.07) is 10.5. The third kappa shape index (κ3) is 3.14. The van der Waals surface area contributed by atoms with E-state index in [0.29, 0.717) is 21.2 Å². The Balaban J connectivity index is 2.17. The number of thiophene rings is 1. The van der Waals surface area contributed by atoms with E-state index >= 15 is 0 Å². The molecule has 0 aliphatic heterocycles. The second-order valence-corrected chi connectivity index (χ2v) is 5.46. The third-order valence-electron chi connectivity index (χ3n) is 2.58. The summed E-state index contributed by atoms with van der Waals surface area (Å²) < 4.78 is 0. The van der Waals surface area contributed by atoms with Gasteiger partial charge in [-0.3, -0.25) is 4.79 Å². The highest BCUT2D eigenvalue weighted by molar-refractivity contribution is 7.14. The maximum Gasteiger partial charge on any atom is 0.265 e. The highest BCUT2D eigenvalue weighted by Crippen LogP contribution is 2.24. The van der Waals surface area contributed by atoms with Crippen LogP contribution in [0.25, 0.3) is 0 Å². The molecule has 5 heteroatoms. The molecule has 1 amide bonds. The SMILES string of the molecule is CCc1ccc(C(=O)Nc2ccc(C#N)cc2Cl)s1. The Labute approximate surface area is 120 Å². The van der Waals surface area contributed by atoms with E-state index in [2.05, 4.69) is 5.32 Å². The molecule has 0 fully saturated rings. The van der Waals surface area contributed by atoms with Gasteiger partial charge in [0.1, 0.15) is 0 Å². The highest BCUT2D eigenvalue weighted by atomic mass is 35.5. The number of benzene rings is 1. The van der Waals surface area contributed by atoms with Gasteiger partial charge in [0, 0.05) is 4.88 Å². The van der Waals surface area contributed by atoms with Crippen molar-refractivity contribution >= 4 is 34.5 Å². The molecule has 2 rings (SSSR count). The van der Waals surface area contributed by atoms with Crippen LogP contribution in [0.2, 0.25) is 5.02 Å². The Bertz CT molecular complexity index is 658. The lowest BCUT2D eigenvalue weighted by atomic mass is 10.2. The highest BCUT2D eigenvalue weighted by Gasteiger charge is 2.11. The Morgan fingerprint density at radius 1 is 1.42 bits per heavy atom. The average Bonchev–Trinajstić information content (AvgIpc) is 2.90. The van der Waals surface area contributed by atoms with Gasteiger partial charge in [0.15, 0.2) is 0 Å². The van der Waals surface area contributed by atoms with Crippen molar-refractivity contribution in [2.24, 2.45) is 0 Å². The fourth-order valence-corrected chi connectivity index (χ4v) is 2.63. The van der Waals surface area contributed by atoms with Crippen LogP contribution in [0.15, 0.2) is 30.3 Å². The van der Waals surface area contributed by atoms with Crippen LogP contribution in [0.3, 0.4) is 0 Å². The predicted molar refractivity (Wildman–Crippen MR) is 77.8 cm³/mol. The number of anilines is 1. The van der Waals surface area contributed by atoms with Crippen molar-refractivity contribution in [2.75, 3.05) is 5.32 Å². The van der Waals surface area contributed by atoms with Crippen molar-refractivity contribution in [1.82, 2.24) is 0 Å². The first-order chi connectivity index (χ1) is 9.13. The molecule has 96 valence electrons. The van der Waals surface area contributed by atoms with Crippen LogP contribution < -0.4 is 5.32 Å². The number of carbonyl (C=O) groups excluding carboxylic acids is 1. The van der Waals surface area contributed by atoms with Gasteiger partial charge in [0.05, 0.1) is 27.2 Å². The van der Waals surface area contributed by atoms with E-state index in [1.165, 1.54) is 17.4 Å². The van der Waals surface area contributed by atoms with E-state index in [4.69, 9.17) is 16.9 Å². The molecule has 1 N–H and O–H groups in total. The van der Waals surface area contributed by atoms with Crippen LogP contribution in [0.1, 0.15) is 27.0 Å². The molecule has 1 aromatic carbocycles. The van der Waals surface area contributed by atoms with E-state index < -0.39 is 0 Å². The molecule has 0 aliphatic rings. The molecule has 3 nitrogen and oxygen atoms in total.